The molecule has 0 fully saturated rings. The lowest BCUT2D eigenvalue weighted by Crippen LogP contribution is -2.34. The summed E-state index contributed by atoms with van der Waals surface area (Å²) < 4.78 is 0. The highest BCUT2D eigenvalue weighted by atomic mass is 32.2. The molecule has 0 aliphatic rings. The van der Waals surface area contributed by atoms with E-state index in [2.05, 4.69) is 43.3 Å². The summed E-state index contributed by atoms with van der Waals surface area (Å²) in [6, 6.07) is 13.3. The second kappa shape index (κ2) is 7.37. The maximum atomic E-state index is 8.98. The summed E-state index contributed by atoms with van der Waals surface area (Å²) in [5, 5.41) is 8.98. The van der Waals surface area contributed by atoms with Crippen LogP contribution in [0.5, 0.6) is 0 Å². The topological polar surface area (TPSA) is 27.0 Å². The van der Waals surface area contributed by atoms with Crippen molar-refractivity contribution < 1.29 is 0 Å². The summed E-state index contributed by atoms with van der Waals surface area (Å²) >= 11 is 1.84. The SMILES string of the molecule is CSCC(C)N(C)C(CC#N)c1ccccc1. The minimum atomic E-state index is 0.198. The van der Waals surface area contributed by atoms with E-state index in [1.807, 2.05) is 30.0 Å². The maximum Gasteiger partial charge on any atom is 0.0641 e. The molecular formula is C14H20N2S. The van der Waals surface area contributed by atoms with Gasteiger partial charge in [0.1, 0.15) is 0 Å². The van der Waals surface area contributed by atoms with Gasteiger partial charge in [0.2, 0.25) is 0 Å². The largest absolute Gasteiger partial charge is 0.295 e. The standard InChI is InChI=1S/C14H20N2S/c1-12(11-17-3)16(2)14(9-10-15)13-7-5-4-6-8-13/h4-8,12,14H,9,11H2,1-3H3. The smallest absolute Gasteiger partial charge is 0.0641 e. The molecule has 0 amide bonds. The van der Waals surface area contributed by atoms with Gasteiger partial charge in [-0.1, -0.05) is 30.3 Å². The molecule has 3 heteroatoms. The van der Waals surface area contributed by atoms with Crippen molar-refractivity contribution in [2.24, 2.45) is 0 Å². The van der Waals surface area contributed by atoms with Crippen molar-refractivity contribution in [1.29, 1.82) is 5.26 Å². The highest BCUT2D eigenvalue weighted by molar-refractivity contribution is 7.98. The summed E-state index contributed by atoms with van der Waals surface area (Å²) in [4.78, 5) is 2.30. The Morgan fingerprint density at radius 2 is 2.00 bits per heavy atom. The Morgan fingerprint density at radius 1 is 1.35 bits per heavy atom. The summed E-state index contributed by atoms with van der Waals surface area (Å²) in [6.07, 6.45) is 2.66. The minimum absolute atomic E-state index is 0.198. The van der Waals surface area contributed by atoms with Gasteiger partial charge < -0.3 is 0 Å². The number of hydrogen-bond donors (Lipinski definition) is 0. The van der Waals surface area contributed by atoms with Crippen LogP contribution in [0.15, 0.2) is 30.3 Å². The van der Waals surface area contributed by atoms with E-state index in [0.29, 0.717) is 12.5 Å². The third-order valence-electron chi connectivity index (χ3n) is 3.06. The Hall–Kier alpha value is -0.980. The Labute approximate surface area is 109 Å². The van der Waals surface area contributed by atoms with Gasteiger partial charge >= 0.3 is 0 Å². The highest BCUT2D eigenvalue weighted by Crippen LogP contribution is 2.25. The van der Waals surface area contributed by atoms with Crippen molar-refractivity contribution in [1.82, 2.24) is 4.90 Å². The predicted molar refractivity (Wildman–Crippen MR) is 75.0 cm³/mol. The van der Waals surface area contributed by atoms with Crippen LogP contribution in [0.2, 0.25) is 0 Å². The molecule has 92 valence electrons. The van der Waals surface area contributed by atoms with E-state index in [0.717, 1.165) is 5.75 Å². The average Bonchev–Trinajstić information content (AvgIpc) is 2.36. The van der Waals surface area contributed by atoms with E-state index in [1.54, 1.807) is 0 Å². The minimum Gasteiger partial charge on any atom is -0.295 e. The van der Waals surface area contributed by atoms with Crippen molar-refractivity contribution >= 4 is 11.8 Å². The van der Waals surface area contributed by atoms with Gasteiger partial charge in [0.15, 0.2) is 0 Å². The lowest BCUT2D eigenvalue weighted by Gasteiger charge is -2.32. The summed E-state index contributed by atoms with van der Waals surface area (Å²) in [5.41, 5.74) is 1.23. The first kappa shape index (κ1) is 14.1. The number of thioether (sulfide) groups is 1. The van der Waals surface area contributed by atoms with Gasteiger partial charge in [-0.2, -0.15) is 17.0 Å². The van der Waals surface area contributed by atoms with Crippen molar-refractivity contribution in [3.05, 3.63) is 35.9 Å². The number of nitriles is 1. The third kappa shape index (κ3) is 4.07. The Bertz CT molecular complexity index is 358. The van der Waals surface area contributed by atoms with Crippen LogP contribution in [0.3, 0.4) is 0 Å². The van der Waals surface area contributed by atoms with Crippen molar-refractivity contribution in [3.63, 3.8) is 0 Å². The van der Waals surface area contributed by atoms with Crippen molar-refractivity contribution in [2.75, 3.05) is 19.1 Å². The van der Waals surface area contributed by atoms with Gasteiger partial charge in [0, 0.05) is 17.8 Å². The van der Waals surface area contributed by atoms with Crippen LogP contribution < -0.4 is 0 Å². The number of nitrogens with zero attached hydrogens (tertiary/aromatic N) is 2. The zero-order valence-electron chi connectivity index (χ0n) is 10.8. The molecule has 0 aliphatic carbocycles. The Balaban J connectivity index is 2.83. The molecule has 1 aromatic carbocycles. The monoisotopic (exact) mass is 248 g/mol. The second-order valence-corrected chi connectivity index (χ2v) is 5.17. The molecule has 0 aromatic heterocycles. The number of benzene rings is 1. The molecule has 0 saturated heterocycles. The van der Waals surface area contributed by atoms with Gasteiger partial charge in [0.05, 0.1) is 12.5 Å². The van der Waals surface area contributed by atoms with E-state index >= 15 is 0 Å². The summed E-state index contributed by atoms with van der Waals surface area (Å²) in [6.45, 7) is 2.21. The lowest BCUT2D eigenvalue weighted by atomic mass is 10.0. The highest BCUT2D eigenvalue weighted by Gasteiger charge is 2.20. The van der Waals surface area contributed by atoms with Crippen LogP contribution >= 0.6 is 11.8 Å². The van der Waals surface area contributed by atoms with Crippen molar-refractivity contribution in [2.45, 2.75) is 25.4 Å². The first-order chi connectivity index (χ1) is 8.20. The molecule has 0 heterocycles. The second-order valence-electron chi connectivity index (χ2n) is 4.26. The Kier molecular flexibility index (Phi) is 6.10. The first-order valence-corrected chi connectivity index (χ1v) is 7.22. The Morgan fingerprint density at radius 3 is 2.53 bits per heavy atom. The zero-order valence-corrected chi connectivity index (χ0v) is 11.6. The van der Waals surface area contributed by atoms with Crippen LogP contribution in [0, 0.1) is 11.3 Å². The van der Waals surface area contributed by atoms with Gasteiger partial charge in [0.25, 0.3) is 0 Å². The van der Waals surface area contributed by atoms with Gasteiger partial charge in [-0.15, -0.1) is 0 Å². The van der Waals surface area contributed by atoms with E-state index in [1.165, 1.54) is 5.56 Å². The molecular weight excluding hydrogens is 228 g/mol. The zero-order chi connectivity index (χ0) is 12.7. The van der Waals surface area contributed by atoms with Gasteiger partial charge in [-0.3, -0.25) is 4.90 Å². The molecule has 0 spiro atoms. The van der Waals surface area contributed by atoms with E-state index in [-0.39, 0.29) is 6.04 Å². The van der Waals surface area contributed by atoms with E-state index in [4.69, 9.17) is 5.26 Å². The van der Waals surface area contributed by atoms with Crippen LogP contribution in [0.4, 0.5) is 0 Å². The molecule has 0 N–H and O–H groups in total. The molecule has 1 rings (SSSR count). The third-order valence-corrected chi connectivity index (χ3v) is 3.88. The van der Waals surface area contributed by atoms with Crippen LogP contribution in [-0.4, -0.2) is 30.0 Å². The molecule has 0 bridgehead atoms. The number of rotatable bonds is 6. The van der Waals surface area contributed by atoms with Gasteiger partial charge in [-0.25, -0.2) is 0 Å². The van der Waals surface area contributed by atoms with Crippen LogP contribution in [0.1, 0.15) is 24.9 Å². The number of hydrogen-bond acceptors (Lipinski definition) is 3. The fraction of sp³-hybridized carbons (Fsp3) is 0.500. The molecule has 0 saturated carbocycles. The predicted octanol–water partition coefficient (Wildman–Crippen LogP) is 3.32. The fourth-order valence-corrected chi connectivity index (χ4v) is 2.64. The van der Waals surface area contributed by atoms with Crippen LogP contribution in [0.25, 0.3) is 0 Å². The molecule has 2 unspecified atom stereocenters. The van der Waals surface area contributed by atoms with Gasteiger partial charge in [-0.05, 0) is 25.8 Å². The maximum absolute atomic E-state index is 8.98. The van der Waals surface area contributed by atoms with Crippen molar-refractivity contribution in [3.8, 4) is 6.07 Å². The lowest BCUT2D eigenvalue weighted by molar-refractivity contribution is 0.202. The molecule has 17 heavy (non-hydrogen) atoms. The molecule has 2 atom stereocenters. The molecule has 0 aliphatic heterocycles. The fourth-order valence-electron chi connectivity index (χ4n) is 1.92. The molecule has 0 radical (unpaired) electrons. The summed E-state index contributed by atoms with van der Waals surface area (Å²) in [5.74, 6) is 1.09. The molecule has 1 aromatic rings. The average molecular weight is 248 g/mol. The quantitative estimate of drug-likeness (QED) is 0.772. The van der Waals surface area contributed by atoms with E-state index in [9.17, 15) is 0 Å². The summed E-state index contributed by atoms with van der Waals surface area (Å²) in [7, 11) is 2.11. The first-order valence-electron chi connectivity index (χ1n) is 5.83. The molecule has 2 nitrogen and oxygen atoms in total. The normalized spacial score (nSPS) is 14.3. The van der Waals surface area contributed by atoms with Crippen LogP contribution in [-0.2, 0) is 0 Å². The van der Waals surface area contributed by atoms with E-state index < -0.39 is 0 Å².